The van der Waals surface area contributed by atoms with Crippen LogP contribution in [0.15, 0.2) is 11.6 Å². The van der Waals surface area contributed by atoms with Crippen LogP contribution in [0.2, 0.25) is 0 Å². The second-order valence-electron chi connectivity index (χ2n) is 15.0. The van der Waals surface area contributed by atoms with Crippen molar-refractivity contribution in [1.82, 2.24) is 0 Å². The molecule has 4 saturated carbocycles. The molecule has 4 fully saturated rings. The average Bonchev–Trinajstić information content (AvgIpc) is 2.77. The predicted octanol–water partition coefficient (Wildman–Crippen LogP) is 5.08. The zero-order valence-electron chi connectivity index (χ0n) is 22.5. The maximum atomic E-state index is 11.7. The molecule has 4 heteroatoms. The van der Waals surface area contributed by atoms with Crippen molar-refractivity contribution >= 4 is 0 Å². The number of allylic oxidation sites excluding steroid dienone is 2. The molecule has 1 unspecified atom stereocenters. The van der Waals surface area contributed by atoms with Gasteiger partial charge in [0.25, 0.3) is 0 Å². The third-order valence-corrected chi connectivity index (χ3v) is 13.4. The van der Waals surface area contributed by atoms with Gasteiger partial charge in [0, 0.05) is 12.0 Å². The molecule has 4 nitrogen and oxygen atoms in total. The Balaban J connectivity index is 1.60. The number of aliphatic hydroxyl groups is 4. The van der Waals surface area contributed by atoms with Gasteiger partial charge in [0.05, 0.1) is 18.8 Å². The quantitative estimate of drug-likeness (QED) is 0.421. The molecule has 4 N–H and O–H groups in total. The Morgan fingerprint density at radius 2 is 1.50 bits per heavy atom. The first-order chi connectivity index (χ1) is 15.7. The van der Waals surface area contributed by atoms with Crippen molar-refractivity contribution in [3.63, 3.8) is 0 Å². The van der Waals surface area contributed by atoms with E-state index in [4.69, 9.17) is 0 Å². The van der Waals surface area contributed by atoms with E-state index in [-0.39, 0.29) is 52.3 Å². The molecule has 0 aromatic heterocycles. The summed E-state index contributed by atoms with van der Waals surface area (Å²) in [5, 5.41) is 43.5. The molecule has 0 heterocycles. The monoisotopic (exact) mass is 474 g/mol. The SMILES string of the molecule is CC1(C)C2CC[C@]3(C)[C@H](CC=C4[C@H]5C[C@](C)(CO)CC[C@]5(CO)[C@H](O)C[C@]43C)[C@@]2(C)CC[C@@H]1O. The molecule has 0 amide bonds. The fourth-order valence-corrected chi connectivity index (χ4v) is 10.8. The highest BCUT2D eigenvalue weighted by Gasteiger charge is 2.69. The second-order valence-corrected chi connectivity index (χ2v) is 15.0. The third-order valence-electron chi connectivity index (χ3n) is 13.4. The molecule has 5 aliphatic rings. The highest BCUT2D eigenvalue weighted by atomic mass is 16.3. The molecular formula is C30H50O4. The van der Waals surface area contributed by atoms with E-state index in [0.717, 1.165) is 57.8 Å². The summed E-state index contributed by atoms with van der Waals surface area (Å²) in [5.41, 5.74) is 0.945. The number of rotatable bonds is 2. The minimum atomic E-state index is -0.515. The maximum absolute atomic E-state index is 11.7. The van der Waals surface area contributed by atoms with E-state index < -0.39 is 11.5 Å². The van der Waals surface area contributed by atoms with Crippen LogP contribution in [0, 0.1) is 50.2 Å². The number of hydrogen-bond donors (Lipinski definition) is 4. The van der Waals surface area contributed by atoms with Crippen molar-refractivity contribution in [3.05, 3.63) is 11.6 Å². The second kappa shape index (κ2) is 7.55. The zero-order chi connectivity index (χ0) is 24.9. The molecule has 0 aromatic carbocycles. The summed E-state index contributed by atoms with van der Waals surface area (Å²) in [6.45, 7) is 14.4. The topological polar surface area (TPSA) is 80.9 Å². The molecule has 0 bridgehead atoms. The smallest absolute Gasteiger partial charge is 0.0632 e. The summed E-state index contributed by atoms with van der Waals surface area (Å²) in [6.07, 6.45) is 10.3. The molecule has 10 atom stereocenters. The average molecular weight is 475 g/mol. The normalized spacial score (nSPS) is 56.4. The summed E-state index contributed by atoms with van der Waals surface area (Å²) in [5.74, 6) is 1.17. The van der Waals surface area contributed by atoms with Crippen molar-refractivity contribution in [2.24, 2.45) is 50.2 Å². The summed E-state index contributed by atoms with van der Waals surface area (Å²) < 4.78 is 0. The fourth-order valence-electron chi connectivity index (χ4n) is 10.8. The highest BCUT2D eigenvalue weighted by Crippen LogP contribution is 2.75. The van der Waals surface area contributed by atoms with Crippen molar-refractivity contribution in [1.29, 1.82) is 0 Å². The summed E-state index contributed by atoms with van der Waals surface area (Å²) >= 11 is 0. The molecule has 0 aromatic rings. The minimum absolute atomic E-state index is 0.0276. The minimum Gasteiger partial charge on any atom is -0.396 e. The summed E-state index contributed by atoms with van der Waals surface area (Å²) in [6, 6.07) is 0. The Morgan fingerprint density at radius 1 is 0.794 bits per heavy atom. The van der Waals surface area contributed by atoms with Gasteiger partial charge in [-0.05, 0) is 103 Å². The molecule has 0 spiro atoms. The van der Waals surface area contributed by atoms with Crippen LogP contribution in [0.4, 0.5) is 0 Å². The van der Waals surface area contributed by atoms with Gasteiger partial charge >= 0.3 is 0 Å². The Kier molecular flexibility index (Phi) is 5.61. The molecule has 5 aliphatic carbocycles. The standard InChI is InChI=1S/C30H50O4/c1-25(2)21-9-12-28(5)22(27(21,4)11-10-23(25)33)8-7-19-20-15-26(3,17-31)13-14-30(20,18-32)24(34)16-29(19,28)6/h7,20-24,31-34H,8-18H2,1-6H3/t20-,21?,22-,23+,24-,26-,27+,28-,29-,30-/m1/s1. The molecule has 34 heavy (non-hydrogen) atoms. The van der Waals surface area contributed by atoms with Crippen LogP contribution in [0.3, 0.4) is 0 Å². The van der Waals surface area contributed by atoms with Gasteiger partial charge in [-0.1, -0.05) is 53.2 Å². The largest absolute Gasteiger partial charge is 0.396 e. The molecule has 5 rings (SSSR count). The zero-order valence-corrected chi connectivity index (χ0v) is 22.5. The lowest BCUT2D eigenvalue weighted by molar-refractivity contribution is -0.219. The molecular weight excluding hydrogens is 424 g/mol. The Morgan fingerprint density at radius 3 is 2.15 bits per heavy atom. The number of fused-ring (bicyclic) bond motifs is 7. The first kappa shape index (κ1) is 25.2. The first-order valence-corrected chi connectivity index (χ1v) is 14.0. The van der Waals surface area contributed by atoms with Crippen LogP contribution in [-0.4, -0.2) is 45.8 Å². The lowest BCUT2D eigenvalue weighted by Crippen LogP contribution is -2.67. The van der Waals surface area contributed by atoms with E-state index in [1.54, 1.807) is 0 Å². The van der Waals surface area contributed by atoms with E-state index in [2.05, 4.69) is 47.6 Å². The van der Waals surface area contributed by atoms with Crippen LogP contribution in [0.1, 0.15) is 99.3 Å². The van der Waals surface area contributed by atoms with Crippen molar-refractivity contribution in [2.45, 2.75) is 112 Å². The number of hydrogen-bond acceptors (Lipinski definition) is 4. The van der Waals surface area contributed by atoms with Crippen LogP contribution >= 0.6 is 0 Å². The van der Waals surface area contributed by atoms with Gasteiger partial charge in [0.15, 0.2) is 0 Å². The fraction of sp³-hybridized carbons (Fsp3) is 0.933. The van der Waals surface area contributed by atoms with Gasteiger partial charge in [-0.3, -0.25) is 0 Å². The first-order valence-electron chi connectivity index (χ1n) is 14.0. The van der Waals surface area contributed by atoms with E-state index >= 15 is 0 Å². The van der Waals surface area contributed by atoms with E-state index in [1.807, 2.05) is 0 Å². The van der Waals surface area contributed by atoms with Crippen LogP contribution in [0.25, 0.3) is 0 Å². The predicted molar refractivity (Wildman–Crippen MR) is 135 cm³/mol. The molecule has 0 radical (unpaired) electrons. The van der Waals surface area contributed by atoms with E-state index in [0.29, 0.717) is 11.8 Å². The highest BCUT2D eigenvalue weighted by molar-refractivity contribution is 5.35. The Bertz CT molecular complexity index is 866. The van der Waals surface area contributed by atoms with Crippen molar-refractivity contribution in [3.8, 4) is 0 Å². The van der Waals surface area contributed by atoms with E-state index in [9.17, 15) is 20.4 Å². The van der Waals surface area contributed by atoms with Gasteiger partial charge in [-0.2, -0.15) is 0 Å². The van der Waals surface area contributed by atoms with Crippen LogP contribution in [0.5, 0.6) is 0 Å². The summed E-state index contributed by atoms with van der Waals surface area (Å²) in [7, 11) is 0. The Hall–Kier alpha value is -0.420. The van der Waals surface area contributed by atoms with Crippen LogP contribution in [-0.2, 0) is 0 Å². The van der Waals surface area contributed by atoms with Crippen molar-refractivity contribution < 1.29 is 20.4 Å². The lowest BCUT2D eigenvalue weighted by atomic mass is 9.33. The molecule has 0 aliphatic heterocycles. The third kappa shape index (κ3) is 2.92. The van der Waals surface area contributed by atoms with Gasteiger partial charge in [-0.15, -0.1) is 0 Å². The molecule has 194 valence electrons. The summed E-state index contributed by atoms with van der Waals surface area (Å²) in [4.78, 5) is 0. The van der Waals surface area contributed by atoms with Gasteiger partial charge in [-0.25, -0.2) is 0 Å². The van der Waals surface area contributed by atoms with Crippen LogP contribution < -0.4 is 0 Å². The van der Waals surface area contributed by atoms with Crippen molar-refractivity contribution in [2.75, 3.05) is 13.2 Å². The lowest BCUT2D eigenvalue weighted by Gasteiger charge is -2.72. The maximum Gasteiger partial charge on any atom is 0.0632 e. The van der Waals surface area contributed by atoms with E-state index in [1.165, 1.54) is 5.57 Å². The van der Waals surface area contributed by atoms with Gasteiger partial charge < -0.3 is 20.4 Å². The molecule has 0 saturated heterocycles. The van der Waals surface area contributed by atoms with Gasteiger partial charge in [0.1, 0.15) is 0 Å². The Labute approximate surface area is 207 Å². The van der Waals surface area contributed by atoms with Gasteiger partial charge in [0.2, 0.25) is 0 Å². The number of aliphatic hydroxyl groups excluding tert-OH is 4.